The maximum Gasteiger partial charge on any atom is 0.247 e. The molecule has 0 unspecified atom stereocenters. The molecule has 0 aliphatic carbocycles. The molecule has 1 saturated heterocycles. The summed E-state index contributed by atoms with van der Waals surface area (Å²) in [7, 11) is 3.49. The number of aryl methyl sites for hydroxylation is 1. The number of nitrogens with one attached hydrogen (secondary N) is 3. The van der Waals surface area contributed by atoms with Gasteiger partial charge in [-0.2, -0.15) is 5.10 Å². The van der Waals surface area contributed by atoms with Crippen molar-refractivity contribution in [3.63, 3.8) is 0 Å². The van der Waals surface area contributed by atoms with Gasteiger partial charge in [-0.1, -0.05) is 24.8 Å². The van der Waals surface area contributed by atoms with Crippen LogP contribution in [0.15, 0.2) is 73.7 Å². The van der Waals surface area contributed by atoms with Gasteiger partial charge in [0.25, 0.3) is 0 Å². The van der Waals surface area contributed by atoms with Crippen molar-refractivity contribution in [2.75, 3.05) is 54.3 Å². The Bertz CT molecular complexity index is 1480. The van der Waals surface area contributed by atoms with Crippen LogP contribution < -0.4 is 25.6 Å². The van der Waals surface area contributed by atoms with Crippen LogP contribution in [-0.4, -0.2) is 59.1 Å². The van der Waals surface area contributed by atoms with Crippen molar-refractivity contribution in [3.05, 3.63) is 73.7 Å². The molecule has 4 aromatic rings. The number of amides is 1. The number of anilines is 6. The number of para-hydroxylation sites is 1. The van der Waals surface area contributed by atoms with Gasteiger partial charge in [0.15, 0.2) is 0 Å². The van der Waals surface area contributed by atoms with Gasteiger partial charge >= 0.3 is 0 Å². The van der Waals surface area contributed by atoms with E-state index in [1.807, 2.05) is 55.7 Å². The van der Waals surface area contributed by atoms with E-state index in [0.29, 0.717) is 55.1 Å². The van der Waals surface area contributed by atoms with Crippen molar-refractivity contribution in [3.8, 4) is 17.0 Å². The smallest absolute Gasteiger partial charge is 0.247 e. The standard InChI is InChI=1S/C28H30N8O3/c1-4-28(37)33-22-15-23(25(38-3)16-24(22)36-11-13-39-14-12-36)32-27-17-26(29-18-30-27)31-20-8-6-5-7-19(20)21-9-10-35(2)34-21/h4-10,15-18H,1,11-14H2,2-3H3,(H,33,37)(H2,29,30,31,32). The molecule has 0 bridgehead atoms. The summed E-state index contributed by atoms with van der Waals surface area (Å²) in [6, 6.07) is 15.4. The number of hydrogen-bond donors (Lipinski definition) is 3. The number of rotatable bonds is 9. The van der Waals surface area contributed by atoms with Crippen molar-refractivity contribution in [2.45, 2.75) is 0 Å². The highest BCUT2D eigenvalue weighted by molar-refractivity contribution is 6.02. The number of benzene rings is 2. The van der Waals surface area contributed by atoms with Crippen LogP contribution in [0.2, 0.25) is 0 Å². The summed E-state index contributed by atoms with van der Waals surface area (Å²) < 4.78 is 13.0. The van der Waals surface area contributed by atoms with Crippen LogP contribution >= 0.6 is 0 Å². The second kappa shape index (κ2) is 11.7. The molecule has 1 amide bonds. The second-order valence-electron chi connectivity index (χ2n) is 8.82. The average molecular weight is 527 g/mol. The first kappa shape index (κ1) is 25.7. The molecule has 3 heterocycles. The van der Waals surface area contributed by atoms with Crippen molar-refractivity contribution in [1.29, 1.82) is 0 Å². The zero-order chi connectivity index (χ0) is 27.2. The van der Waals surface area contributed by atoms with Gasteiger partial charge in [-0.3, -0.25) is 9.48 Å². The fourth-order valence-corrected chi connectivity index (χ4v) is 4.33. The van der Waals surface area contributed by atoms with E-state index in [1.54, 1.807) is 17.9 Å². The lowest BCUT2D eigenvalue weighted by Crippen LogP contribution is -2.36. The highest BCUT2D eigenvalue weighted by Gasteiger charge is 2.20. The normalized spacial score (nSPS) is 13.0. The van der Waals surface area contributed by atoms with Gasteiger partial charge in [-0.05, 0) is 24.3 Å². The Kier molecular flexibility index (Phi) is 7.69. The maximum atomic E-state index is 12.2. The molecule has 1 aliphatic rings. The molecule has 0 atom stereocenters. The van der Waals surface area contributed by atoms with Gasteiger partial charge < -0.3 is 30.3 Å². The fourth-order valence-electron chi connectivity index (χ4n) is 4.33. The van der Waals surface area contributed by atoms with Crippen molar-refractivity contribution in [1.82, 2.24) is 19.7 Å². The van der Waals surface area contributed by atoms with E-state index in [4.69, 9.17) is 9.47 Å². The lowest BCUT2D eigenvalue weighted by molar-refractivity contribution is -0.111. The molecular formula is C28H30N8O3. The molecule has 3 N–H and O–H groups in total. The predicted octanol–water partition coefficient (Wildman–Crippen LogP) is 4.33. The summed E-state index contributed by atoms with van der Waals surface area (Å²) in [4.78, 5) is 23.2. The third-order valence-corrected chi connectivity index (χ3v) is 6.22. The summed E-state index contributed by atoms with van der Waals surface area (Å²) >= 11 is 0. The monoisotopic (exact) mass is 526 g/mol. The molecule has 2 aromatic heterocycles. The van der Waals surface area contributed by atoms with Crippen LogP contribution in [0.3, 0.4) is 0 Å². The predicted molar refractivity (Wildman–Crippen MR) is 152 cm³/mol. The molecule has 1 aliphatic heterocycles. The number of carbonyl (C=O) groups is 1. The number of nitrogens with zero attached hydrogens (tertiary/aromatic N) is 5. The highest BCUT2D eigenvalue weighted by Crippen LogP contribution is 2.39. The number of hydrogen-bond acceptors (Lipinski definition) is 9. The van der Waals surface area contributed by atoms with Crippen LogP contribution in [0.1, 0.15) is 0 Å². The minimum atomic E-state index is -0.305. The summed E-state index contributed by atoms with van der Waals surface area (Å²) in [6.07, 6.45) is 4.62. The molecule has 200 valence electrons. The van der Waals surface area contributed by atoms with Gasteiger partial charge in [0.1, 0.15) is 23.7 Å². The highest BCUT2D eigenvalue weighted by atomic mass is 16.5. The number of carbonyl (C=O) groups excluding carboxylic acids is 1. The average Bonchev–Trinajstić information content (AvgIpc) is 3.40. The minimum absolute atomic E-state index is 0.305. The Morgan fingerprint density at radius 2 is 1.77 bits per heavy atom. The number of methoxy groups -OCH3 is 1. The van der Waals surface area contributed by atoms with E-state index >= 15 is 0 Å². The summed E-state index contributed by atoms with van der Waals surface area (Å²) in [5.41, 5.74) is 4.77. The summed E-state index contributed by atoms with van der Waals surface area (Å²) in [6.45, 7) is 6.20. The van der Waals surface area contributed by atoms with E-state index < -0.39 is 0 Å². The molecule has 2 aromatic carbocycles. The van der Waals surface area contributed by atoms with Crippen LogP contribution in [0, 0.1) is 0 Å². The molecular weight excluding hydrogens is 496 g/mol. The maximum absolute atomic E-state index is 12.2. The third-order valence-electron chi connectivity index (χ3n) is 6.22. The van der Waals surface area contributed by atoms with Gasteiger partial charge in [-0.25, -0.2) is 9.97 Å². The minimum Gasteiger partial charge on any atom is -0.494 e. The van der Waals surface area contributed by atoms with Crippen LogP contribution in [0.25, 0.3) is 11.3 Å². The zero-order valence-electron chi connectivity index (χ0n) is 21.8. The van der Waals surface area contributed by atoms with Crippen LogP contribution in [0.4, 0.5) is 34.4 Å². The van der Waals surface area contributed by atoms with E-state index in [2.05, 4.69) is 42.5 Å². The molecule has 0 saturated carbocycles. The Hall–Kier alpha value is -4.90. The SMILES string of the molecule is C=CC(=O)Nc1cc(Nc2cc(Nc3ccccc3-c3ccn(C)n3)ncn2)c(OC)cc1N1CCOCC1. The molecule has 1 fully saturated rings. The van der Waals surface area contributed by atoms with Crippen molar-refractivity contribution in [2.24, 2.45) is 7.05 Å². The zero-order valence-corrected chi connectivity index (χ0v) is 21.8. The molecule has 39 heavy (non-hydrogen) atoms. The van der Waals surface area contributed by atoms with Gasteiger partial charge in [-0.15, -0.1) is 0 Å². The first-order chi connectivity index (χ1) is 19.0. The van der Waals surface area contributed by atoms with E-state index in [0.717, 1.165) is 22.6 Å². The topological polar surface area (TPSA) is 118 Å². The lowest BCUT2D eigenvalue weighted by Gasteiger charge is -2.31. The quantitative estimate of drug-likeness (QED) is 0.274. The summed E-state index contributed by atoms with van der Waals surface area (Å²) in [5.74, 6) is 1.43. The number of morpholine rings is 1. The Labute approximate surface area is 226 Å². The van der Waals surface area contributed by atoms with Gasteiger partial charge in [0.2, 0.25) is 5.91 Å². The Morgan fingerprint density at radius 1 is 1.03 bits per heavy atom. The van der Waals surface area contributed by atoms with E-state index in [9.17, 15) is 4.79 Å². The third kappa shape index (κ3) is 5.99. The van der Waals surface area contributed by atoms with Gasteiger partial charge in [0.05, 0.1) is 43.1 Å². The van der Waals surface area contributed by atoms with Crippen molar-refractivity contribution < 1.29 is 14.3 Å². The lowest BCUT2D eigenvalue weighted by atomic mass is 10.1. The Balaban J connectivity index is 1.43. The molecule has 0 radical (unpaired) electrons. The largest absolute Gasteiger partial charge is 0.494 e. The first-order valence-corrected chi connectivity index (χ1v) is 12.5. The van der Waals surface area contributed by atoms with Crippen LogP contribution in [-0.2, 0) is 16.6 Å². The number of aromatic nitrogens is 4. The van der Waals surface area contributed by atoms with Crippen molar-refractivity contribution >= 4 is 40.3 Å². The molecule has 0 spiro atoms. The van der Waals surface area contributed by atoms with Gasteiger partial charge in [0, 0.05) is 49.7 Å². The van der Waals surface area contributed by atoms with Crippen LogP contribution in [0.5, 0.6) is 5.75 Å². The Morgan fingerprint density at radius 3 is 2.46 bits per heavy atom. The molecule has 5 rings (SSSR count). The second-order valence-corrected chi connectivity index (χ2v) is 8.82. The number of ether oxygens (including phenoxy) is 2. The molecule has 11 heteroatoms. The first-order valence-electron chi connectivity index (χ1n) is 12.5. The molecule has 11 nitrogen and oxygen atoms in total. The van der Waals surface area contributed by atoms with E-state index in [1.165, 1.54) is 12.4 Å². The summed E-state index contributed by atoms with van der Waals surface area (Å²) in [5, 5.41) is 14.1. The fraction of sp³-hybridized carbons (Fsp3) is 0.214. The van der Waals surface area contributed by atoms with E-state index in [-0.39, 0.29) is 5.91 Å².